The number of carbonyl (C=O) groups excluding carboxylic acids is 2. The van der Waals surface area contributed by atoms with Crippen LogP contribution in [0.2, 0.25) is 0 Å². The lowest BCUT2D eigenvalue weighted by Crippen LogP contribution is -2.46. The maximum atomic E-state index is 12.6. The van der Waals surface area contributed by atoms with Gasteiger partial charge in [0.25, 0.3) is 0 Å². The zero-order valence-electron chi connectivity index (χ0n) is 14.8. The van der Waals surface area contributed by atoms with E-state index >= 15 is 0 Å². The molecule has 0 aromatic carbocycles. The van der Waals surface area contributed by atoms with E-state index in [1.54, 1.807) is 17.5 Å². The van der Waals surface area contributed by atoms with Gasteiger partial charge in [-0.15, -0.1) is 11.3 Å². The summed E-state index contributed by atoms with van der Waals surface area (Å²) in [5.41, 5.74) is 1.01. The van der Waals surface area contributed by atoms with Crippen LogP contribution in [0.5, 0.6) is 0 Å². The van der Waals surface area contributed by atoms with Crippen LogP contribution in [0.4, 0.5) is 0 Å². The largest absolute Gasteiger partial charge is 0.356 e. The number of fused-ring (bicyclic) bond motifs is 1. The van der Waals surface area contributed by atoms with Gasteiger partial charge in [0.2, 0.25) is 11.8 Å². The molecule has 1 N–H and O–H groups in total. The fourth-order valence-electron chi connectivity index (χ4n) is 3.69. The summed E-state index contributed by atoms with van der Waals surface area (Å²) >= 11 is 1.71. The van der Waals surface area contributed by atoms with E-state index in [1.807, 2.05) is 27.1 Å². The molecule has 0 bridgehead atoms. The molecule has 6 nitrogen and oxygen atoms in total. The highest BCUT2D eigenvalue weighted by molar-refractivity contribution is 7.09. The third-order valence-corrected chi connectivity index (χ3v) is 6.28. The van der Waals surface area contributed by atoms with E-state index in [0.29, 0.717) is 26.1 Å². The monoisotopic (exact) mass is 372 g/mol. The molecule has 3 heterocycles. The van der Waals surface area contributed by atoms with Gasteiger partial charge in [0.1, 0.15) is 0 Å². The number of nitrogens with zero attached hydrogens (tertiary/aromatic N) is 3. The minimum Gasteiger partial charge on any atom is -0.356 e. The normalized spacial score (nSPS) is 19.7. The fourth-order valence-corrected chi connectivity index (χ4v) is 4.39. The van der Waals surface area contributed by atoms with Crippen LogP contribution in [-0.2, 0) is 22.6 Å². The Bertz CT molecular complexity index is 766. The van der Waals surface area contributed by atoms with Gasteiger partial charge in [-0.25, -0.2) is 0 Å². The molecule has 2 aliphatic rings. The number of carbonyl (C=O) groups is 2. The standard InChI is InChI=1S/C19H24N4O2S/c24-18(20-8-7-17-5-2-10-26-17)11-16-13-22(19(25)14-3-1-4-14)12-15-6-9-21-23(15)16/h2,5-6,9-10,14,16H,1,3-4,7-8,11-13H2,(H,20,24)/t16-/m0/s1. The summed E-state index contributed by atoms with van der Waals surface area (Å²) in [4.78, 5) is 28.2. The number of hydrogen-bond donors (Lipinski definition) is 1. The van der Waals surface area contributed by atoms with Gasteiger partial charge in [-0.05, 0) is 36.8 Å². The van der Waals surface area contributed by atoms with Gasteiger partial charge in [0.05, 0.1) is 24.7 Å². The van der Waals surface area contributed by atoms with E-state index in [4.69, 9.17) is 0 Å². The molecule has 1 aliphatic carbocycles. The van der Waals surface area contributed by atoms with Gasteiger partial charge in [0.15, 0.2) is 0 Å². The third-order valence-electron chi connectivity index (χ3n) is 5.34. The molecule has 138 valence electrons. The third kappa shape index (κ3) is 3.67. The van der Waals surface area contributed by atoms with E-state index in [-0.39, 0.29) is 23.8 Å². The first kappa shape index (κ1) is 17.3. The Balaban J connectivity index is 1.35. The Morgan fingerprint density at radius 2 is 2.19 bits per heavy atom. The summed E-state index contributed by atoms with van der Waals surface area (Å²) in [6, 6.07) is 5.97. The van der Waals surface area contributed by atoms with Crippen LogP contribution in [0.25, 0.3) is 0 Å². The topological polar surface area (TPSA) is 67.2 Å². The summed E-state index contributed by atoms with van der Waals surface area (Å²) in [5.74, 6) is 0.447. The van der Waals surface area contributed by atoms with Crippen LogP contribution in [0.3, 0.4) is 0 Å². The predicted molar refractivity (Wildman–Crippen MR) is 99.7 cm³/mol. The zero-order chi connectivity index (χ0) is 17.9. The van der Waals surface area contributed by atoms with Crippen molar-refractivity contribution in [2.45, 2.75) is 44.7 Å². The first-order valence-corrected chi connectivity index (χ1v) is 10.2. The molecule has 0 radical (unpaired) electrons. The fraction of sp³-hybridized carbons (Fsp3) is 0.526. The molecule has 0 unspecified atom stereocenters. The van der Waals surface area contributed by atoms with Crippen molar-refractivity contribution in [1.29, 1.82) is 0 Å². The van der Waals surface area contributed by atoms with Crippen LogP contribution >= 0.6 is 11.3 Å². The van der Waals surface area contributed by atoms with Crippen molar-refractivity contribution < 1.29 is 9.59 Å². The van der Waals surface area contributed by atoms with E-state index in [1.165, 1.54) is 4.88 Å². The molecule has 2 aromatic rings. The van der Waals surface area contributed by atoms with Gasteiger partial charge in [0, 0.05) is 30.1 Å². The zero-order valence-corrected chi connectivity index (χ0v) is 15.6. The lowest BCUT2D eigenvalue weighted by Gasteiger charge is -2.37. The maximum absolute atomic E-state index is 12.6. The van der Waals surface area contributed by atoms with Gasteiger partial charge < -0.3 is 10.2 Å². The van der Waals surface area contributed by atoms with Crippen LogP contribution in [0.15, 0.2) is 29.8 Å². The van der Waals surface area contributed by atoms with Gasteiger partial charge in [-0.1, -0.05) is 12.5 Å². The molecule has 0 saturated heterocycles. The molecular formula is C19H24N4O2S. The van der Waals surface area contributed by atoms with Gasteiger partial charge in [-0.3, -0.25) is 14.3 Å². The number of aromatic nitrogens is 2. The molecule has 7 heteroatoms. The minimum absolute atomic E-state index is 0.0194. The van der Waals surface area contributed by atoms with E-state index < -0.39 is 0 Å². The van der Waals surface area contributed by atoms with Gasteiger partial charge in [-0.2, -0.15) is 5.10 Å². The molecule has 1 aliphatic heterocycles. The highest BCUT2D eigenvalue weighted by atomic mass is 32.1. The number of amides is 2. The average Bonchev–Trinajstić information content (AvgIpc) is 3.24. The van der Waals surface area contributed by atoms with Crippen molar-refractivity contribution in [3.05, 3.63) is 40.3 Å². The van der Waals surface area contributed by atoms with Crippen molar-refractivity contribution in [1.82, 2.24) is 20.0 Å². The smallest absolute Gasteiger partial charge is 0.226 e. The Morgan fingerprint density at radius 3 is 2.92 bits per heavy atom. The highest BCUT2D eigenvalue weighted by Crippen LogP contribution is 2.31. The highest BCUT2D eigenvalue weighted by Gasteiger charge is 2.35. The minimum atomic E-state index is -0.0838. The second kappa shape index (κ2) is 7.61. The lowest BCUT2D eigenvalue weighted by molar-refractivity contribution is -0.141. The number of nitrogens with one attached hydrogen (secondary N) is 1. The van der Waals surface area contributed by atoms with Crippen molar-refractivity contribution in [2.75, 3.05) is 13.1 Å². The molecule has 0 spiro atoms. The Labute approximate surface area is 157 Å². The second-order valence-electron chi connectivity index (χ2n) is 7.15. The summed E-state index contributed by atoms with van der Waals surface area (Å²) in [6.07, 6.45) is 6.12. The molecule has 4 rings (SSSR count). The number of rotatable bonds is 6. The van der Waals surface area contributed by atoms with E-state index in [9.17, 15) is 9.59 Å². The quantitative estimate of drug-likeness (QED) is 0.847. The van der Waals surface area contributed by atoms with Crippen LogP contribution in [0, 0.1) is 5.92 Å². The van der Waals surface area contributed by atoms with Crippen molar-refractivity contribution in [3.8, 4) is 0 Å². The van der Waals surface area contributed by atoms with Crippen LogP contribution in [0.1, 0.15) is 42.3 Å². The van der Waals surface area contributed by atoms with E-state index in [2.05, 4.69) is 16.5 Å². The SMILES string of the molecule is O=C(C[C@H]1CN(C(=O)C2CCC2)Cc2ccnn21)NCCc1cccs1. The van der Waals surface area contributed by atoms with Crippen molar-refractivity contribution in [2.24, 2.45) is 5.92 Å². The summed E-state index contributed by atoms with van der Waals surface area (Å²) in [7, 11) is 0. The van der Waals surface area contributed by atoms with Crippen molar-refractivity contribution >= 4 is 23.2 Å². The number of thiophene rings is 1. The molecule has 2 amide bonds. The Morgan fingerprint density at radius 1 is 1.31 bits per heavy atom. The first-order chi connectivity index (χ1) is 12.7. The summed E-state index contributed by atoms with van der Waals surface area (Å²) in [6.45, 7) is 1.82. The average molecular weight is 372 g/mol. The first-order valence-electron chi connectivity index (χ1n) is 9.31. The Kier molecular flexibility index (Phi) is 5.06. The number of hydrogen-bond acceptors (Lipinski definition) is 4. The second-order valence-corrected chi connectivity index (χ2v) is 8.18. The Hall–Kier alpha value is -2.15. The van der Waals surface area contributed by atoms with Crippen LogP contribution in [-0.4, -0.2) is 39.6 Å². The predicted octanol–water partition coefficient (Wildman–Crippen LogP) is 2.38. The van der Waals surface area contributed by atoms with Crippen LogP contribution < -0.4 is 5.32 Å². The van der Waals surface area contributed by atoms with Gasteiger partial charge >= 0.3 is 0 Å². The molecule has 1 fully saturated rings. The lowest BCUT2D eigenvalue weighted by atomic mass is 9.84. The molecule has 26 heavy (non-hydrogen) atoms. The maximum Gasteiger partial charge on any atom is 0.226 e. The molecule has 2 aromatic heterocycles. The summed E-state index contributed by atoms with van der Waals surface area (Å²) < 4.78 is 1.92. The van der Waals surface area contributed by atoms with Crippen molar-refractivity contribution in [3.63, 3.8) is 0 Å². The summed E-state index contributed by atoms with van der Waals surface area (Å²) in [5, 5.41) is 9.44. The molecular weight excluding hydrogens is 348 g/mol. The molecule has 1 atom stereocenters. The molecule has 1 saturated carbocycles. The van der Waals surface area contributed by atoms with E-state index in [0.717, 1.165) is 31.4 Å².